The molecule has 8 nitrogen and oxygen atoms in total. The Morgan fingerprint density at radius 1 is 1.33 bits per heavy atom. The van der Waals surface area contributed by atoms with E-state index in [-0.39, 0.29) is 5.95 Å². The molecule has 0 unspecified atom stereocenters. The number of aromatic nitrogens is 4. The van der Waals surface area contributed by atoms with Gasteiger partial charge in [0.2, 0.25) is 17.8 Å². The molecule has 3 N–H and O–H groups in total. The quantitative estimate of drug-likeness (QED) is 0.803. The van der Waals surface area contributed by atoms with Gasteiger partial charge in [-0.15, -0.1) is 0 Å². The molecular formula is C10H15N7O. The van der Waals surface area contributed by atoms with Gasteiger partial charge in [0, 0.05) is 20.2 Å². The molecule has 0 radical (unpaired) electrons. The van der Waals surface area contributed by atoms with Gasteiger partial charge in [-0.3, -0.25) is 0 Å². The highest BCUT2D eigenvalue weighted by molar-refractivity contribution is 5.40. The number of nitrogen functional groups attached to an aromatic ring is 1. The van der Waals surface area contributed by atoms with Gasteiger partial charge < -0.3 is 20.5 Å². The van der Waals surface area contributed by atoms with E-state index in [4.69, 9.17) is 10.3 Å². The van der Waals surface area contributed by atoms with E-state index in [2.05, 4.69) is 25.4 Å². The van der Waals surface area contributed by atoms with Crippen LogP contribution in [-0.4, -0.2) is 34.2 Å². The van der Waals surface area contributed by atoms with E-state index in [0.29, 0.717) is 18.4 Å². The van der Waals surface area contributed by atoms with Crippen LogP contribution < -0.4 is 16.0 Å². The third kappa shape index (κ3) is 2.84. The van der Waals surface area contributed by atoms with Gasteiger partial charge >= 0.3 is 0 Å². The van der Waals surface area contributed by atoms with Gasteiger partial charge in [-0.05, 0) is 6.92 Å². The molecule has 2 heterocycles. The zero-order valence-electron chi connectivity index (χ0n) is 10.5. The molecule has 0 amide bonds. The van der Waals surface area contributed by atoms with E-state index in [1.54, 1.807) is 4.90 Å². The summed E-state index contributed by atoms with van der Waals surface area (Å²) in [5.74, 6) is 1.84. The Hall–Kier alpha value is -2.38. The van der Waals surface area contributed by atoms with Crippen molar-refractivity contribution in [3.63, 3.8) is 0 Å². The first-order valence-electron chi connectivity index (χ1n) is 5.39. The number of nitrogens with two attached hydrogens (primary N) is 1. The monoisotopic (exact) mass is 249 g/mol. The fourth-order valence-corrected chi connectivity index (χ4v) is 1.33. The van der Waals surface area contributed by atoms with Crippen molar-refractivity contribution in [2.24, 2.45) is 0 Å². The van der Waals surface area contributed by atoms with E-state index >= 15 is 0 Å². The normalized spacial score (nSPS) is 10.4. The number of rotatable bonds is 4. The first-order chi connectivity index (χ1) is 8.54. The average molecular weight is 249 g/mol. The molecule has 2 rings (SSSR count). The van der Waals surface area contributed by atoms with Crippen LogP contribution in [0.25, 0.3) is 0 Å². The highest BCUT2D eigenvalue weighted by atomic mass is 16.5. The molecule has 0 aliphatic rings. The zero-order chi connectivity index (χ0) is 13.1. The van der Waals surface area contributed by atoms with Gasteiger partial charge in [-0.1, -0.05) is 5.16 Å². The van der Waals surface area contributed by atoms with Gasteiger partial charge in [0.1, 0.15) is 11.5 Å². The molecule has 0 saturated heterocycles. The summed E-state index contributed by atoms with van der Waals surface area (Å²) < 4.78 is 4.96. The van der Waals surface area contributed by atoms with Crippen LogP contribution in [0.15, 0.2) is 10.6 Å². The summed E-state index contributed by atoms with van der Waals surface area (Å²) in [7, 11) is 3.67. The number of hydrogen-bond acceptors (Lipinski definition) is 8. The van der Waals surface area contributed by atoms with Crippen LogP contribution in [0.3, 0.4) is 0 Å². The predicted molar refractivity (Wildman–Crippen MR) is 67.1 cm³/mol. The van der Waals surface area contributed by atoms with Gasteiger partial charge in [0.15, 0.2) is 0 Å². The van der Waals surface area contributed by atoms with Crippen LogP contribution in [0.1, 0.15) is 11.5 Å². The molecule has 0 aliphatic heterocycles. The molecule has 0 aromatic carbocycles. The van der Waals surface area contributed by atoms with Crippen LogP contribution in [-0.2, 0) is 6.54 Å². The largest absolute Gasteiger partial charge is 0.368 e. The highest BCUT2D eigenvalue weighted by Gasteiger charge is 2.07. The number of hydrogen-bond donors (Lipinski definition) is 2. The van der Waals surface area contributed by atoms with Crippen molar-refractivity contribution >= 4 is 17.8 Å². The van der Waals surface area contributed by atoms with E-state index < -0.39 is 0 Å². The van der Waals surface area contributed by atoms with Crippen molar-refractivity contribution in [2.75, 3.05) is 30.0 Å². The molecular weight excluding hydrogens is 234 g/mol. The van der Waals surface area contributed by atoms with E-state index in [9.17, 15) is 0 Å². The Labute approximate surface area is 104 Å². The Kier molecular flexibility index (Phi) is 3.26. The first kappa shape index (κ1) is 12.1. The summed E-state index contributed by atoms with van der Waals surface area (Å²) in [6.45, 7) is 2.30. The third-order valence-electron chi connectivity index (χ3n) is 2.15. The Morgan fingerprint density at radius 3 is 2.72 bits per heavy atom. The SMILES string of the molecule is Cc1cc(CNc2nc(N)nc(N(C)C)n2)no1. The first-order valence-corrected chi connectivity index (χ1v) is 5.39. The number of nitrogens with zero attached hydrogens (tertiary/aromatic N) is 5. The summed E-state index contributed by atoms with van der Waals surface area (Å²) >= 11 is 0. The Bertz CT molecular complexity index is 537. The molecule has 2 aromatic rings. The lowest BCUT2D eigenvalue weighted by Gasteiger charge is -2.11. The van der Waals surface area contributed by atoms with Crippen molar-refractivity contribution in [1.29, 1.82) is 0 Å². The maximum absolute atomic E-state index is 5.61. The average Bonchev–Trinajstić information content (AvgIpc) is 2.72. The lowest BCUT2D eigenvalue weighted by atomic mass is 10.4. The second-order valence-electron chi connectivity index (χ2n) is 3.99. The second-order valence-corrected chi connectivity index (χ2v) is 3.99. The van der Waals surface area contributed by atoms with Gasteiger partial charge in [0.05, 0.1) is 6.54 Å². The molecule has 0 atom stereocenters. The van der Waals surface area contributed by atoms with Crippen molar-refractivity contribution in [2.45, 2.75) is 13.5 Å². The van der Waals surface area contributed by atoms with Crippen molar-refractivity contribution in [1.82, 2.24) is 20.1 Å². The number of anilines is 3. The van der Waals surface area contributed by atoms with Gasteiger partial charge in [0.25, 0.3) is 0 Å². The third-order valence-corrected chi connectivity index (χ3v) is 2.15. The minimum Gasteiger partial charge on any atom is -0.368 e. The molecule has 0 saturated carbocycles. The Balaban J connectivity index is 2.09. The zero-order valence-corrected chi connectivity index (χ0v) is 10.5. The number of nitrogens with one attached hydrogen (secondary N) is 1. The molecule has 2 aromatic heterocycles. The van der Waals surface area contributed by atoms with Crippen molar-refractivity contribution in [3.8, 4) is 0 Å². The van der Waals surface area contributed by atoms with Gasteiger partial charge in [-0.2, -0.15) is 15.0 Å². The van der Waals surface area contributed by atoms with E-state index in [0.717, 1.165) is 11.5 Å². The Morgan fingerprint density at radius 2 is 2.11 bits per heavy atom. The van der Waals surface area contributed by atoms with E-state index in [1.165, 1.54) is 0 Å². The lowest BCUT2D eigenvalue weighted by Crippen LogP contribution is -2.16. The molecule has 0 fully saturated rings. The summed E-state index contributed by atoms with van der Waals surface area (Å²) in [5.41, 5.74) is 6.38. The maximum atomic E-state index is 5.61. The fourth-order valence-electron chi connectivity index (χ4n) is 1.33. The highest BCUT2D eigenvalue weighted by Crippen LogP contribution is 2.10. The molecule has 18 heavy (non-hydrogen) atoms. The summed E-state index contributed by atoms with van der Waals surface area (Å²) in [6.07, 6.45) is 0. The van der Waals surface area contributed by atoms with Crippen LogP contribution >= 0.6 is 0 Å². The number of aryl methyl sites for hydroxylation is 1. The van der Waals surface area contributed by atoms with Crippen LogP contribution in [0, 0.1) is 6.92 Å². The standard InChI is InChI=1S/C10H15N7O/c1-6-4-7(16-18-6)5-12-9-13-8(11)14-10(15-9)17(2)3/h4H,5H2,1-3H3,(H3,11,12,13,14,15). The second kappa shape index (κ2) is 4.86. The van der Waals surface area contributed by atoms with Crippen LogP contribution in [0.4, 0.5) is 17.8 Å². The lowest BCUT2D eigenvalue weighted by molar-refractivity contribution is 0.391. The molecule has 0 spiro atoms. The molecule has 0 aliphatic carbocycles. The smallest absolute Gasteiger partial charge is 0.231 e. The molecule has 96 valence electrons. The van der Waals surface area contributed by atoms with Gasteiger partial charge in [-0.25, -0.2) is 0 Å². The van der Waals surface area contributed by atoms with Crippen LogP contribution in [0.2, 0.25) is 0 Å². The summed E-state index contributed by atoms with van der Waals surface area (Å²) in [5, 5.41) is 6.88. The fraction of sp³-hybridized carbons (Fsp3) is 0.400. The minimum absolute atomic E-state index is 0.174. The minimum atomic E-state index is 0.174. The maximum Gasteiger partial charge on any atom is 0.231 e. The van der Waals surface area contributed by atoms with Crippen LogP contribution in [0.5, 0.6) is 0 Å². The van der Waals surface area contributed by atoms with Crippen molar-refractivity contribution < 1.29 is 4.52 Å². The van der Waals surface area contributed by atoms with Crippen molar-refractivity contribution in [3.05, 3.63) is 17.5 Å². The summed E-state index contributed by atoms with van der Waals surface area (Å²) in [4.78, 5) is 14.0. The van der Waals surface area contributed by atoms with E-state index in [1.807, 2.05) is 27.1 Å². The molecule has 8 heteroatoms. The summed E-state index contributed by atoms with van der Waals surface area (Å²) in [6, 6.07) is 1.84. The molecule has 0 bridgehead atoms. The topological polar surface area (TPSA) is 106 Å². The predicted octanol–water partition coefficient (Wildman–Crippen LogP) is 0.428.